The average molecular weight is 442 g/mol. The number of amides is 1. The second-order valence-corrected chi connectivity index (χ2v) is 10.5. The first-order valence-electron chi connectivity index (χ1n) is 11.1. The van der Waals surface area contributed by atoms with Crippen LogP contribution in [-0.4, -0.2) is 67.7 Å². The van der Waals surface area contributed by atoms with Crippen LogP contribution in [0.15, 0.2) is 59.5 Å². The Kier molecular flexibility index (Phi) is 6.74. The summed E-state index contributed by atoms with van der Waals surface area (Å²) in [5.41, 5.74) is 2.54. The van der Waals surface area contributed by atoms with E-state index in [1.54, 1.807) is 24.3 Å². The quantitative estimate of drug-likeness (QED) is 0.716. The Balaban J connectivity index is 1.33. The highest BCUT2D eigenvalue weighted by Gasteiger charge is 2.34. The van der Waals surface area contributed by atoms with Crippen LogP contribution in [0.2, 0.25) is 0 Å². The average Bonchev–Trinajstić information content (AvgIpc) is 2.79. The Morgan fingerprint density at radius 2 is 1.71 bits per heavy atom. The van der Waals surface area contributed by atoms with Crippen molar-refractivity contribution in [2.75, 3.05) is 39.3 Å². The number of hydrogen-bond acceptors (Lipinski definition) is 4. The minimum Gasteiger partial charge on any atom is -0.340 e. The van der Waals surface area contributed by atoms with Crippen molar-refractivity contribution < 1.29 is 13.2 Å². The van der Waals surface area contributed by atoms with Gasteiger partial charge in [-0.25, -0.2) is 8.42 Å². The zero-order valence-electron chi connectivity index (χ0n) is 18.1. The first-order valence-corrected chi connectivity index (χ1v) is 12.5. The van der Waals surface area contributed by atoms with Gasteiger partial charge in [-0.2, -0.15) is 4.31 Å². The maximum atomic E-state index is 13.2. The molecular weight excluding hydrogens is 410 g/mol. The second-order valence-electron chi connectivity index (χ2n) is 8.61. The molecule has 4 rings (SSSR count). The van der Waals surface area contributed by atoms with Crippen molar-refractivity contribution in [3.63, 3.8) is 0 Å². The minimum atomic E-state index is -3.50. The van der Waals surface area contributed by atoms with Crippen LogP contribution in [0.3, 0.4) is 0 Å². The zero-order valence-corrected chi connectivity index (χ0v) is 18.9. The van der Waals surface area contributed by atoms with E-state index in [-0.39, 0.29) is 11.8 Å². The lowest BCUT2D eigenvalue weighted by atomic mass is 9.95. The zero-order chi connectivity index (χ0) is 21.8. The Morgan fingerprint density at radius 3 is 2.42 bits per heavy atom. The topological polar surface area (TPSA) is 60.9 Å². The highest BCUT2D eigenvalue weighted by molar-refractivity contribution is 7.89. The van der Waals surface area contributed by atoms with Gasteiger partial charge in [0.1, 0.15) is 0 Å². The molecule has 166 valence electrons. The van der Waals surface area contributed by atoms with Crippen molar-refractivity contribution in [2.45, 2.75) is 31.2 Å². The summed E-state index contributed by atoms with van der Waals surface area (Å²) in [5, 5.41) is 0. The van der Waals surface area contributed by atoms with Gasteiger partial charge < -0.3 is 4.90 Å². The number of piperidine rings is 1. The lowest BCUT2D eigenvalue weighted by molar-refractivity contribution is -0.138. The van der Waals surface area contributed by atoms with Crippen LogP contribution in [0.1, 0.15) is 24.0 Å². The van der Waals surface area contributed by atoms with Crippen molar-refractivity contribution in [3.05, 3.63) is 65.7 Å². The van der Waals surface area contributed by atoms with Gasteiger partial charge in [-0.1, -0.05) is 48.0 Å². The molecule has 0 aliphatic carbocycles. The molecule has 1 amide bonds. The van der Waals surface area contributed by atoms with Gasteiger partial charge in [0.15, 0.2) is 0 Å². The molecule has 0 aromatic heterocycles. The lowest BCUT2D eigenvalue weighted by Gasteiger charge is -2.38. The molecular formula is C24H31N3O3S. The van der Waals surface area contributed by atoms with E-state index in [0.717, 1.165) is 32.5 Å². The molecule has 2 aromatic carbocycles. The molecule has 2 aliphatic rings. The number of benzene rings is 2. The summed E-state index contributed by atoms with van der Waals surface area (Å²) >= 11 is 0. The molecule has 2 fully saturated rings. The normalized spacial score (nSPS) is 21.2. The number of aryl methyl sites for hydroxylation is 1. The Hall–Kier alpha value is -2.22. The van der Waals surface area contributed by atoms with Crippen LogP contribution in [0.25, 0.3) is 0 Å². The molecule has 0 spiro atoms. The third kappa shape index (κ3) is 5.17. The summed E-state index contributed by atoms with van der Waals surface area (Å²) < 4.78 is 27.1. The maximum Gasteiger partial charge on any atom is 0.243 e. The summed E-state index contributed by atoms with van der Waals surface area (Å²) in [6.45, 7) is 6.37. The predicted molar refractivity (Wildman–Crippen MR) is 121 cm³/mol. The summed E-state index contributed by atoms with van der Waals surface area (Å²) in [6.07, 6.45) is 1.93. The molecule has 0 radical (unpaired) electrons. The van der Waals surface area contributed by atoms with Gasteiger partial charge in [0.2, 0.25) is 15.9 Å². The van der Waals surface area contributed by atoms with E-state index in [1.807, 2.05) is 11.0 Å². The van der Waals surface area contributed by atoms with Crippen molar-refractivity contribution in [1.82, 2.24) is 14.1 Å². The van der Waals surface area contributed by atoms with Crippen molar-refractivity contribution in [2.24, 2.45) is 5.92 Å². The maximum absolute atomic E-state index is 13.2. The molecule has 2 saturated heterocycles. The molecule has 31 heavy (non-hydrogen) atoms. The number of hydrogen-bond donors (Lipinski definition) is 0. The fourth-order valence-electron chi connectivity index (χ4n) is 4.62. The van der Waals surface area contributed by atoms with E-state index in [2.05, 4.69) is 36.1 Å². The van der Waals surface area contributed by atoms with Gasteiger partial charge in [0.05, 0.1) is 10.8 Å². The summed E-state index contributed by atoms with van der Waals surface area (Å²) in [6, 6.07) is 17.1. The van der Waals surface area contributed by atoms with Crippen molar-refractivity contribution in [1.29, 1.82) is 0 Å². The summed E-state index contributed by atoms with van der Waals surface area (Å²) in [7, 11) is -3.50. The van der Waals surface area contributed by atoms with E-state index < -0.39 is 10.0 Å². The number of rotatable bonds is 5. The largest absolute Gasteiger partial charge is 0.340 e. The van der Waals surface area contributed by atoms with E-state index in [9.17, 15) is 13.2 Å². The van der Waals surface area contributed by atoms with Crippen molar-refractivity contribution in [3.8, 4) is 0 Å². The highest BCUT2D eigenvalue weighted by Crippen LogP contribution is 2.23. The van der Waals surface area contributed by atoms with Gasteiger partial charge in [-0.05, 0) is 44.0 Å². The highest BCUT2D eigenvalue weighted by atomic mass is 32.2. The van der Waals surface area contributed by atoms with Crippen LogP contribution in [0, 0.1) is 12.8 Å². The van der Waals surface area contributed by atoms with Crippen LogP contribution in [-0.2, 0) is 21.4 Å². The predicted octanol–water partition coefficient (Wildman–Crippen LogP) is 2.74. The Morgan fingerprint density at radius 1 is 0.968 bits per heavy atom. The molecule has 0 N–H and O–H groups in total. The van der Waals surface area contributed by atoms with Gasteiger partial charge in [-0.3, -0.25) is 9.69 Å². The molecule has 0 bridgehead atoms. The monoisotopic (exact) mass is 441 g/mol. The van der Waals surface area contributed by atoms with E-state index >= 15 is 0 Å². The van der Waals surface area contributed by atoms with E-state index in [4.69, 9.17) is 0 Å². The van der Waals surface area contributed by atoms with Gasteiger partial charge in [0, 0.05) is 39.3 Å². The SMILES string of the molecule is Cc1cccc(CN2CCCC(C(=O)N3CCN(S(=O)(=O)c4ccccc4)CC3)C2)c1. The molecule has 1 atom stereocenters. The second kappa shape index (κ2) is 9.51. The molecule has 0 saturated carbocycles. The summed E-state index contributed by atoms with van der Waals surface area (Å²) in [4.78, 5) is 17.7. The van der Waals surface area contributed by atoms with Gasteiger partial charge >= 0.3 is 0 Å². The molecule has 7 heteroatoms. The van der Waals surface area contributed by atoms with E-state index in [1.165, 1.54) is 15.4 Å². The number of carbonyl (C=O) groups excluding carboxylic acids is 1. The molecule has 2 aliphatic heterocycles. The first-order chi connectivity index (χ1) is 14.9. The third-order valence-corrected chi connectivity index (χ3v) is 8.19. The number of likely N-dealkylation sites (tertiary alicyclic amines) is 1. The van der Waals surface area contributed by atoms with Crippen LogP contribution in [0.4, 0.5) is 0 Å². The fourth-order valence-corrected chi connectivity index (χ4v) is 6.06. The smallest absolute Gasteiger partial charge is 0.243 e. The van der Waals surface area contributed by atoms with Gasteiger partial charge in [-0.15, -0.1) is 0 Å². The molecule has 6 nitrogen and oxygen atoms in total. The van der Waals surface area contributed by atoms with Crippen LogP contribution >= 0.6 is 0 Å². The lowest BCUT2D eigenvalue weighted by Crippen LogP contribution is -2.53. The van der Waals surface area contributed by atoms with E-state index in [0.29, 0.717) is 31.1 Å². The third-order valence-electron chi connectivity index (χ3n) is 6.27. The van der Waals surface area contributed by atoms with Crippen LogP contribution < -0.4 is 0 Å². The van der Waals surface area contributed by atoms with Gasteiger partial charge in [0.25, 0.3) is 0 Å². The molecule has 2 aromatic rings. The van der Waals surface area contributed by atoms with Crippen LogP contribution in [0.5, 0.6) is 0 Å². The molecule has 2 heterocycles. The number of piperazine rings is 1. The standard InChI is InChI=1S/C24H31N3O3S/c1-20-7-5-8-21(17-20)18-25-12-6-9-22(19-25)24(28)26-13-15-27(16-14-26)31(29,30)23-10-3-2-4-11-23/h2-5,7-8,10-11,17,22H,6,9,12-16,18-19H2,1H3. The fraction of sp³-hybridized carbons (Fsp3) is 0.458. The summed E-state index contributed by atoms with van der Waals surface area (Å²) in [5.74, 6) is 0.168. The minimum absolute atomic E-state index is 0.00385. The first kappa shape index (κ1) is 22.0. The Labute approximate surface area is 185 Å². The number of carbonyl (C=O) groups is 1. The van der Waals surface area contributed by atoms with Crippen molar-refractivity contribution >= 4 is 15.9 Å². The Bertz CT molecular complexity index is 1000. The molecule has 1 unspecified atom stereocenters. The number of nitrogens with zero attached hydrogens (tertiary/aromatic N) is 3. The number of sulfonamides is 1.